The van der Waals surface area contributed by atoms with Crippen LogP contribution in [0.3, 0.4) is 0 Å². The molecule has 14 heteroatoms. The number of hydrogen-bond acceptors (Lipinski definition) is 11. The largest absolute Gasteiger partial charge is 0.479 e. The Bertz CT molecular complexity index is 1330. The van der Waals surface area contributed by atoms with Crippen molar-refractivity contribution < 1.29 is 68.5 Å². The summed E-state index contributed by atoms with van der Waals surface area (Å²) < 4.78 is 22.0. The molecule has 0 aliphatic carbocycles. The molecule has 3 rings (SSSR count). The fraction of sp³-hybridized carbons (Fsp3) is 0.606. The molecule has 5 N–H and O–H groups in total. The number of hydrogen-bond donors (Lipinski definition) is 5. The third-order valence-electron chi connectivity index (χ3n) is 8.75. The van der Waals surface area contributed by atoms with Crippen molar-refractivity contribution in [3.05, 3.63) is 48.0 Å². The van der Waals surface area contributed by atoms with Gasteiger partial charge in [0.2, 0.25) is 23.1 Å². The number of carboxylic acids is 3. The Morgan fingerprint density at radius 3 is 2.17 bits per heavy atom. The predicted octanol–water partition coefficient (Wildman–Crippen LogP) is 2.62. The molecular formula is C33H44O14. The first-order valence-electron chi connectivity index (χ1n) is 15.6. The lowest BCUT2D eigenvalue weighted by atomic mass is 9.74. The number of esters is 2. The third kappa shape index (κ3) is 7.51. The van der Waals surface area contributed by atoms with Crippen molar-refractivity contribution in [2.45, 2.75) is 120 Å². The molecule has 0 amide bonds. The molecule has 0 radical (unpaired) electrons. The molecule has 2 saturated heterocycles. The van der Waals surface area contributed by atoms with Crippen molar-refractivity contribution in [3.63, 3.8) is 0 Å². The van der Waals surface area contributed by atoms with Crippen LogP contribution in [0.15, 0.2) is 42.5 Å². The van der Waals surface area contributed by atoms with Crippen LogP contribution in [0.5, 0.6) is 0 Å². The molecule has 1 unspecified atom stereocenters. The van der Waals surface area contributed by atoms with Crippen LogP contribution in [-0.2, 0) is 49.3 Å². The van der Waals surface area contributed by atoms with E-state index < -0.39 is 77.7 Å². The standard InChI is InChI=1S/C33H44O14/c1-5-6-7-8-12-15-23(35)45-26-25(36)31(46-27(28(37)38)32(43,29(39)40)33(26,47-31)30(41)42)17-16-19(2)24(44-21(4)34)20(3)18-22-13-10-9-11-14-22/h9-11,13-14,20,24-27,36,43H,2,5-8,12,15-18H2,1,3-4H3,(H,37,38)(H,39,40)(H,41,42)/t20?,24-,25-,26-,27-,31+,32-,33+/m1/s1. The molecule has 14 nitrogen and oxygen atoms in total. The van der Waals surface area contributed by atoms with Gasteiger partial charge in [-0.2, -0.15) is 0 Å². The number of rotatable bonds is 18. The predicted molar refractivity (Wildman–Crippen MR) is 162 cm³/mol. The highest BCUT2D eigenvalue weighted by Gasteiger charge is 2.85. The van der Waals surface area contributed by atoms with E-state index in [1.54, 1.807) is 0 Å². The van der Waals surface area contributed by atoms with Crippen LogP contribution in [0.4, 0.5) is 0 Å². The third-order valence-corrected chi connectivity index (χ3v) is 8.75. The van der Waals surface area contributed by atoms with E-state index in [0.717, 1.165) is 24.8 Å². The minimum absolute atomic E-state index is 0.222. The lowest BCUT2D eigenvalue weighted by molar-refractivity contribution is -0.374. The Morgan fingerprint density at radius 1 is 0.979 bits per heavy atom. The summed E-state index contributed by atoms with van der Waals surface area (Å²) in [4.78, 5) is 62.6. The first-order valence-corrected chi connectivity index (χ1v) is 15.6. The number of aliphatic hydroxyl groups excluding tert-OH is 1. The minimum atomic E-state index is -3.86. The maximum atomic E-state index is 12.9. The normalized spacial score (nSPS) is 29.3. The first-order chi connectivity index (χ1) is 22.1. The molecule has 47 heavy (non-hydrogen) atoms. The second-order valence-electron chi connectivity index (χ2n) is 12.2. The summed E-state index contributed by atoms with van der Waals surface area (Å²) in [5.74, 6) is -11.2. The fourth-order valence-corrected chi connectivity index (χ4v) is 6.37. The summed E-state index contributed by atoms with van der Waals surface area (Å²) in [7, 11) is 0. The van der Waals surface area contributed by atoms with E-state index in [4.69, 9.17) is 18.9 Å². The van der Waals surface area contributed by atoms with Crippen LogP contribution >= 0.6 is 0 Å². The van der Waals surface area contributed by atoms with E-state index in [1.165, 1.54) is 6.92 Å². The Labute approximate surface area is 272 Å². The molecule has 2 bridgehead atoms. The number of aliphatic carboxylic acids is 3. The van der Waals surface area contributed by atoms with Crippen LogP contribution in [0, 0.1) is 5.92 Å². The van der Waals surface area contributed by atoms with Gasteiger partial charge >= 0.3 is 29.8 Å². The fourth-order valence-electron chi connectivity index (χ4n) is 6.37. The number of carbonyl (C=O) groups is 5. The smallest absolute Gasteiger partial charge is 0.344 e. The quantitative estimate of drug-likeness (QED) is 0.0865. The Balaban J connectivity index is 1.98. The minimum Gasteiger partial charge on any atom is -0.479 e. The van der Waals surface area contributed by atoms with Crippen LogP contribution in [0.2, 0.25) is 0 Å². The molecule has 1 aromatic rings. The van der Waals surface area contributed by atoms with E-state index >= 15 is 0 Å². The van der Waals surface area contributed by atoms with Gasteiger partial charge in [0.05, 0.1) is 0 Å². The van der Waals surface area contributed by atoms with Gasteiger partial charge in [0.1, 0.15) is 12.2 Å². The SMILES string of the molecule is C=C(CC[C@]12O[C@H](C(=O)O)[C@@](O)(C(=O)O)[C@](C(=O)O)(O1)[C@H](OC(=O)CCCCCCC)[C@H]2O)[C@@H](OC(C)=O)C(C)Cc1ccccc1. The second-order valence-corrected chi connectivity index (χ2v) is 12.2. The Morgan fingerprint density at radius 2 is 1.62 bits per heavy atom. The monoisotopic (exact) mass is 664 g/mol. The van der Waals surface area contributed by atoms with Crippen LogP contribution in [0.25, 0.3) is 0 Å². The molecule has 8 atom stereocenters. The number of carboxylic acid groups (broad SMARTS) is 3. The van der Waals surface area contributed by atoms with Gasteiger partial charge in [0.15, 0.2) is 6.10 Å². The molecule has 2 fully saturated rings. The van der Waals surface area contributed by atoms with Crippen molar-refractivity contribution >= 4 is 29.8 Å². The van der Waals surface area contributed by atoms with Gasteiger partial charge in [0, 0.05) is 25.7 Å². The maximum Gasteiger partial charge on any atom is 0.344 e. The van der Waals surface area contributed by atoms with Gasteiger partial charge in [-0.1, -0.05) is 76.4 Å². The molecule has 2 heterocycles. The first kappa shape index (κ1) is 37.6. The zero-order chi connectivity index (χ0) is 35.2. The topological polar surface area (TPSA) is 223 Å². The number of aliphatic hydroxyl groups is 2. The molecule has 260 valence electrons. The van der Waals surface area contributed by atoms with Gasteiger partial charge in [0.25, 0.3) is 0 Å². The van der Waals surface area contributed by atoms with Crippen molar-refractivity contribution in [2.75, 3.05) is 0 Å². The van der Waals surface area contributed by atoms with E-state index in [2.05, 4.69) is 6.58 Å². The van der Waals surface area contributed by atoms with Gasteiger partial charge in [-0.05, 0) is 30.4 Å². The van der Waals surface area contributed by atoms with Crippen LogP contribution in [-0.4, -0.2) is 96.8 Å². The molecule has 0 spiro atoms. The van der Waals surface area contributed by atoms with Crippen LogP contribution in [0.1, 0.15) is 77.7 Å². The maximum absolute atomic E-state index is 12.9. The van der Waals surface area contributed by atoms with Crippen molar-refractivity contribution in [1.29, 1.82) is 0 Å². The highest BCUT2D eigenvalue weighted by Crippen LogP contribution is 2.56. The second kappa shape index (κ2) is 15.4. The average Bonchev–Trinajstić information content (AvgIpc) is 3.22. The molecular weight excluding hydrogens is 620 g/mol. The van der Waals surface area contributed by atoms with Crippen molar-refractivity contribution in [3.8, 4) is 0 Å². The number of unbranched alkanes of at least 4 members (excludes halogenated alkanes) is 4. The summed E-state index contributed by atoms with van der Waals surface area (Å²) in [5.41, 5.74) is -6.17. The number of carbonyl (C=O) groups excluding carboxylic acids is 2. The van der Waals surface area contributed by atoms with E-state index in [9.17, 15) is 49.5 Å². The summed E-state index contributed by atoms with van der Waals surface area (Å²) in [6.07, 6.45) is -5.26. The van der Waals surface area contributed by atoms with E-state index in [-0.39, 0.29) is 24.3 Å². The highest BCUT2D eigenvalue weighted by atomic mass is 16.8. The molecule has 0 aromatic heterocycles. The average molecular weight is 665 g/mol. The van der Waals surface area contributed by atoms with Crippen molar-refractivity contribution in [1.82, 2.24) is 0 Å². The van der Waals surface area contributed by atoms with Crippen molar-refractivity contribution in [2.24, 2.45) is 5.92 Å². The van der Waals surface area contributed by atoms with Gasteiger partial charge in [-0.25, -0.2) is 14.4 Å². The zero-order valence-corrected chi connectivity index (χ0v) is 26.8. The molecule has 2 aliphatic heterocycles. The van der Waals surface area contributed by atoms with Crippen LogP contribution < -0.4 is 0 Å². The van der Waals surface area contributed by atoms with E-state index in [0.29, 0.717) is 19.3 Å². The number of fused-ring (bicyclic) bond motifs is 2. The highest BCUT2D eigenvalue weighted by molar-refractivity contribution is 5.98. The lowest BCUT2D eigenvalue weighted by Crippen LogP contribution is -2.78. The van der Waals surface area contributed by atoms with E-state index in [1.807, 2.05) is 44.2 Å². The Hall–Kier alpha value is -3.85. The number of benzene rings is 1. The van der Waals surface area contributed by atoms with Gasteiger partial charge in [-0.15, -0.1) is 0 Å². The molecule has 0 saturated carbocycles. The molecule has 1 aromatic carbocycles. The summed E-state index contributed by atoms with van der Waals surface area (Å²) in [5, 5.41) is 53.3. The zero-order valence-electron chi connectivity index (χ0n) is 26.8. The Kier molecular flexibility index (Phi) is 12.3. The lowest BCUT2D eigenvalue weighted by Gasteiger charge is -2.48. The molecule has 2 aliphatic rings. The number of ether oxygens (including phenoxy) is 4. The summed E-state index contributed by atoms with van der Waals surface area (Å²) >= 11 is 0. The summed E-state index contributed by atoms with van der Waals surface area (Å²) in [6, 6.07) is 9.30. The van der Waals surface area contributed by atoms with Gasteiger partial charge in [-0.3, -0.25) is 9.59 Å². The summed E-state index contributed by atoms with van der Waals surface area (Å²) in [6.45, 7) is 9.03. The van der Waals surface area contributed by atoms with Gasteiger partial charge < -0.3 is 44.5 Å².